The number of ether oxygens (including phenoxy) is 2. The average Bonchev–Trinajstić information content (AvgIpc) is 2.89. The Morgan fingerprint density at radius 1 is 1.21 bits per heavy atom. The van der Waals surface area contributed by atoms with Crippen LogP contribution in [0.4, 0.5) is 0 Å². The van der Waals surface area contributed by atoms with Crippen LogP contribution in [0.25, 0.3) is 0 Å². The highest BCUT2D eigenvalue weighted by Gasteiger charge is 2.04. The van der Waals surface area contributed by atoms with Crippen LogP contribution in [0.1, 0.15) is 12.6 Å². The van der Waals surface area contributed by atoms with E-state index in [4.69, 9.17) is 15.2 Å². The molecule has 6 nitrogen and oxygen atoms in total. The zero-order chi connectivity index (χ0) is 13.5. The van der Waals surface area contributed by atoms with Gasteiger partial charge in [0.05, 0.1) is 18.8 Å². The molecular weight excluding hydrogens is 244 g/mol. The third kappa shape index (κ3) is 3.69. The van der Waals surface area contributed by atoms with Crippen LogP contribution >= 0.6 is 0 Å². The number of hydrogen-bond acceptors (Lipinski definition) is 5. The molecule has 0 radical (unpaired) electrons. The van der Waals surface area contributed by atoms with Gasteiger partial charge < -0.3 is 15.2 Å². The van der Waals surface area contributed by atoms with E-state index in [0.29, 0.717) is 26.3 Å². The molecule has 6 heteroatoms. The quantitative estimate of drug-likeness (QED) is 0.812. The van der Waals surface area contributed by atoms with Gasteiger partial charge >= 0.3 is 0 Å². The van der Waals surface area contributed by atoms with Gasteiger partial charge in [0, 0.05) is 12.7 Å². The van der Waals surface area contributed by atoms with Crippen LogP contribution in [0.15, 0.2) is 30.5 Å². The fraction of sp³-hybridized carbons (Fsp3) is 0.385. The summed E-state index contributed by atoms with van der Waals surface area (Å²) >= 11 is 0. The van der Waals surface area contributed by atoms with Gasteiger partial charge in [-0.3, -0.25) is 0 Å². The van der Waals surface area contributed by atoms with Crippen LogP contribution in [-0.2, 0) is 13.1 Å². The van der Waals surface area contributed by atoms with Crippen LogP contribution in [-0.4, -0.2) is 28.2 Å². The fourth-order valence-electron chi connectivity index (χ4n) is 1.63. The number of hydrogen-bond donors (Lipinski definition) is 1. The molecule has 0 amide bonds. The molecule has 0 aliphatic heterocycles. The molecule has 2 aromatic rings. The van der Waals surface area contributed by atoms with Crippen molar-refractivity contribution in [2.75, 3.05) is 13.2 Å². The molecule has 1 heterocycles. The van der Waals surface area contributed by atoms with Gasteiger partial charge in [0.1, 0.15) is 6.61 Å². The second-order valence-electron chi connectivity index (χ2n) is 3.91. The van der Waals surface area contributed by atoms with E-state index in [9.17, 15) is 0 Å². The largest absolute Gasteiger partial charge is 0.490 e. The summed E-state index contributed by atoms with van der Waals surface area (Å²) in [5, 5.41) is 7.87. The molecule has 0 spiro atoms. The molecule has 0 saturated heterocycles. The molecule has 19 heavy (non-hydrogen) atoms. The molecule has 0 bridgehead atoms. The topological polar surface area (TPSA) is 75.2 Å². The minimum Gasteiger partial charge on any atom is -0.490 e. The third-order valence-corrected chi connectivity index (χ3v) is 2.52. The lowest BCUT2D eigenvalue weighted by molar-refractivity contribution is 0.261. The van der Waals surface area contributed by atoms with E-state index in [2.05, 4.69) is 10.3 Å². The maximum Gasteiger partial charge on any atom is 0.161 e. The summed E-state index contributed by atoms with van der Waals surface area (Å²) in [5.41, 5.74) is 6.25. The molecule has 1 aromatic carbocycles. The highest BCUT2D eigenvalue weighted by atomic mass is 16.5. The highest BCUT2D eigenvalue weighted by molar-refractivity contribution is 5.39. The number of rotatable bonds is 7. The second kappa shape index (κ2) is 6.75. The number of nitrogens with zero attached hydrogens (tertiary/aromatic N) is 3. The van der Waals surface area contributed by atoms with Crippen molar-refractivity contribution in [2.45, 2.75) is 20.0 Å². The van der Waals surface area contributed by atoms with E-state index in [1.165, 1.54) is 0 Å². The summed E-state index contributed by atoms with van der Waals surface area (Å²) in [7, 11) is 0. The maximum absolute atomic E-state index is 5.69. The fourth-order valence-corrected chi connectivity index (χ4v) is 1.63. The molecule has 2 N–H and O–H groups in total. The van der Waals surface area contributed by atoms with Gasteiger partial charge in [0.2, 0.25) is 0 Å². The summed E-state index contributed by atoms with van der Waals surface area (Å²) in [4.78, 5) is 0. The van der Waals surface area contributed by atoms with Gasteiger partial charge in [0.25, 0.3) is 0 Å². The van der Waals surface area contributed by atoms with Crippen molar-refractivity contribution in [1.82, 2.24) is 15.0 Å². The SMILES string of the molecule is CCOc1ccccc1OCCn1cc(CN)nn1. The minimum atomic E-state index is 0.397. The van der Waals surface area contributed by atoms with Gasteiger partial charge in [-0.05, 0) is 19.1 Å². The maximum atomic E-state index is 5.69. The van der Waals surface area contributed by atoms with Gasteiger partial charge in [-0.1, -0.05) is 17.3 Å². The summed E-state index contributed by atoms with van der Waals surface area (Å²) in [6, 6.07) is 7.61. The average molecular weight is 262 g/mol. The lowest BCUT2D eigenvalue weighted by Crippen LogP contribution is -2.09. The van der Waals surface area contributed by atoms with E-state index in [-0.39, 0.29) is 0 Å². The van der Waals surface area contributed by atoms with Crippen molar-refractivity contribution in [1.29, 1.82) is 0 Å². The van der Waals surface area contributed by atoms with E-state index in [0.717, 1.165) is 17.2 Å². The van der Waals surface area contributed by atoms with Gasteiger partial charge in [-0.2, -0.15) is 0 Å². The van der Waals surface area contributed by atoms with Crippen molar-refractivity contribution >= 4 is 0 Å². The first kappa shape index (κ1) is 13.4. The summed E-state index contributed by atoms with van der Waals surface area (Å²) in [5.74, 6) is 1.50. The Hall–Kier alpha value is -2.08. The predicted molar refractivity (Wildman–Crippen MR) is 71.0 cm³/mol. The Morgan fingerprint density at radius 3 is 2.58 bits per heavy atom. The van der Waals surface area contributed by atoms with Crippen LogP contribution in [0.2, 0.25) is 0 Å². The van der Waals surface area contributed by atoms with Crippen LogP contribution in [0, 0.1) is 0 Å². The van der Waals surface area contributed by atoms with Gasteiger partial charge in [0.15, 0.2) is 11.5 Å². The molecule has 0 saturated carbocycles. The first-order chi connectivity index (χ1) is 9.33. The summed E-state index contributed by atoms with van der Waals surface area (Å²) < 4.78 is 12.9. The lowest BCUT2D eigenvalue weighted by Gasteiger charge is -2.11. The van der Waals surface area contributed by atoms with Crippen LogP contribution in [0.3, 0.4) is 0 Å². The first-order valence-corrected chi connectivity index (χ1v) is 6.27. The Morgan fingerprint density at radius 2 is 1.95 bits per heavy atom. The molecule has 0 fully saturated rings. The number of para-hydroxylation sites is 2. The molecule has 0 unspecified atom stereocenters. The number of nitrogens with two attached hydrogens (primary N) is 1. The Labute approximate surface area is 112 Å². The zero-order valence-corrected chi connectivity index (χ0v) is 11.0. The predicted octanol–water partition coefficient (Wildman–Crippen LogP) is 1.21. The van der Waals surface area contributed by atoms with E-state index < -0.39 is 0 Å². The first-order valence-electron chi connectivity index (χ1n) is 6.27. The van der Waals surface area contributed by atoms with E-state index in [1.54, 1.807) is 4.68 Å². The minimum absolute atomic E-state index is 0.397. The highest BCUT2D eigenvalue weighted by Crippen LogP contribution is 2.26. The van der Waals surface area contributed by atoms with E-state index >= 15 is 0 Å². The van der Waals surface area contributed by atoms with Crippen molar-refractivity contribution in [3.8, 4) is 11.5 Å². The van der Waals surface area contributed by atoms with Crippen molar-refractivity contribution in [3.63, 3.8) is 0 Å². The Kier molecular flexibility index (Phi) is 4.74. The van der Waals surface area contributed by atoms with Crippen molar-refractivity contribution in [3.05, 3.63) is 36.2 Å². The number of aromatic nitrogens is 3. The monoisotopic (exact) mass is 262 g/mol. The molecule has 102 valence electrons. The second-order valence-corrected chi connectivity index (χ2v) is 3.91. The van der Waals surface area contributed by atoms with Gasteiger partial charge in [-0.15, -0.1) is 5.10 Å². The molecule has 1 aromatic heterocycles. The summed E-state index contributed by atoms with van der Waals surface area (Å²) in [6.07, 6.45) is 1.82. The molecule has 2 rings (SSSR count). The lowest BCUT2D eigenvalue weighted by atomic mass is 10.3. The van der Waals surface area contributed by atoms with Crippen LogP contribution in [0.5, 0.6) is 11.5 Å². The van der Waals surface area contributed by atoms with Crippen molar-refractivity contribution < 1.29 is 9.47 Å². The smallest absolute Gasteiger partial charge is 0.161 e. The Balaban J connectivity index is 1.88. The molecule has 0 aliphatic rings. The number of benzene rings is 1. The van der Waals surface area contributed by atoms with Crippen molar-refractivity contribution in [2.24, 2.45) is 5.73 Å². The van der Waals surface area contributed by atoms with E-state index in [1.807, 2.05) is 37.4 Å². The van der Waals surface area contributed by atoms with Crippen LogP contribution < -0.4 is 15.2 Å². The summed E-state index contributed by atoms with van der Waals surface area (Å²) in [6.45, 7) is 4.07. The van der Waals surface area contributed by atoms with Gasteiger partial charge in [-0.25, -0.2) is 4.68 Å². The zero-order valence-electron chi connectivity index (χ0n) is 11.0. The molecule has 0 aliphatic carbocycles. The molecule has 0 atom stereocenters. The Bertz CT molecular complexity index is 513. The standard InChI is InChI=1S/C13H18N4O2/c1-2-18-12-5-3-4-6-13(12)19-8-7-17-10-11(9-14)15-16-17/h3-6,10H,2,7-9,14H2,1H3. The normalized spacial score (nSPS) is 10.4. The third-order valence-electron chi connectivity index (χ3n) is 2.52. The molecular formula is C13H18N4O2.